The van der Waals surface area contributed by atoms with Crippen LogP contribution < -0.4 is 11.1 Å². The molecule has 6 heteroatoms. The Morgan fingerprint density at radius 1 is 1.64 bits per heavy atom. The normalized spacial score (nSPS) is 30.6. The first-order chi connectivity index (χ1) is 6.61. The first kappa shape index (κ1) is 10.8. The second-order valence-electron chi connectivity index (χ2n) is 3.04. The number of nitrogens with two attached hydrogens (primary N) is 1. The second kappa shape index (κ2) is 4.32. The SMILES string of the molecule is NC1([N+](=O)[O-])C=CC=CC1NCCO. The summed E-state index contributed by atoms with van der Waals surface area (Å²) in [6.07, 6.45) is 6.17. The molecule has 0 bridgehead atoms. The maximum atomic E-state index is 10.7. The number of hydrogen-bond acceptors (Lipinski definition) is 5. The predicted octanol–water partition coefficient (Wildman–Crippen LogP) is -1.01. The quantitative estimate of drug-likeness (QED) is 0.306. The molecule has 0 saturated heterocycles. The zero-order valence-corrected chi connectivity index (χ0v) is 7.59. The monoisotopic (exact) mass is 199 g/mol. The largest absolute Gasteiger partial charge is 0.395 e. The molecule has 0 saturated carbocycles. The van der Waals surface area contributed by atoms with Crippen LogP contribution in [0.1, 0.15) is 0 Å². The van der Waals surface area contributed by atoms with Crippen molar-refractivity contribution in [2.45, 2.75) is 11.7 Å². The van der Waals surface area contributed by atoms with Gasteiger partial charge in [0.1, 0.15) is 6.04 Å². The molecule has 2 atom stereocenters. The Labute approximate surface area is 81.2 Å². The Morgan fingerprint density at radius 2 is 2.36 bits per heavy atom. The second-order valence-corrected chi connectivity index (χ2v) is 3.04. The molecule has 0 aromatic rings. The average molecular weight is 199 g/mol. The summed E-state index contributed by atoms with van der Waals surface area (Å²) in [4.78, 5) is 10.2. The van der Waals surface area contributed by atoms with E-state index in [0.717, 1.165) is 0 Å². The Morgan fingerprint density at radius 3 is 2.93 bits per heavy atom. The molecule has 1 aliphatic rings. The van der Waals surface area contributed by atoms with Crippen LogP contribution in [0.25, 0.3) is 0 Å². The maximum absolute atomic E-state index is 10.7. The molecule has 0 heterocycles. The Kier molecular flexibility index (Phi) is 3.34. The van der Waals surface area contributed by atoms with Crippen LogP contribution in [0.2, 0.25) is 0 Å². The number of nitrogens with one attached hydrogen (secondary N) is 1. The Hall–Kier alpha value is -1.24. The lowest BCUT2D eigenvalue weighted by atomic mass is 9.97. The minimum absolute atomic E-state index is 0.0815. The molecule has 1 aliphatic carbocycles. The summed E-state index contributed by atoms with van der Waals surface area (Å²) in [5, 5.41) is 22.1. The summed E-state index contributed by atoms with van der Waals surface area (Å²) in [7, 11) is 0. The van der Waals surface area contributed by atoms with Crippen molar-refractivity contribution in [3.63, 3.8) is 0 Å². The number of allylic oxidation sites excluding steroid dienone is 2. The van der Waals surface area contributed by atoms with E-state index in [2.05, 4.69) is 5.32 Å². The molecule has 6 nitrogen and oxygen atoms in total. The van der Waals surface area contributed by atoms with Gasteiger partial charge in [-0.1, -0.05) is 18.2 Å². The van der Waals surface area contributed by atoms with Crippen LogP contribution in [-0.4, -0.2) is 34.9 Å². The topological polar surface area (TPSA) is 101 Å². The molecule has 0 aromatic heterocycles. The molecule has 0 radical (unpaired) electrons. The minimum atomic E-state index is -1.62. The Balaban J connectivity index is 2.76. The van der Waals surface area contributed by atoms with E-state index in [9.17, 15) is 10.1 Å². The van der Waals surface area contributed by atoms with Crippen molar-refractivity contribution < 1.29 is 10.0 Å². The zero-order valence-electron chi connectivity index (χ0n) is 7.59. The number of nitrogens with zero attached hydrogens (tertiary/aromatic N) is 1. The highest BCUT2D eigenvalue weighted by atomic mass is 16.6. The van der Waals surface area contributed by atoms with Crippen molar-refractivity contribution in [2.75, 3.05) is 13.2 Å². The van der Waals surface area contributed by atoms with Gasteiger partial charge in [-0.3, -0.25) is 15.8 Å². The van der Waals surface area contributed by atoms with Crippen molar-refractivity contribution in [3.8, 4) is 0 Å². The van der Waals surface area contributed by atoms with Crippen molar-refractivity contribution in [2.24, 2.45) is 5.73 Å². The van der Waals surface area contributed by atoms with Crippen LogP contribution in [0.4, 0.5) is 0 Å². The van der Waals surface area contributed by atoms with Gasteiger partial charge in [-0.25, -0.2) is 0 Å². The van der Waals surface area contributed by atoms with E-state index in [4.69, 9.17) is 10.8 Å². The van der Waals surface area contributed by atoms with Crippen LogP contribution in [-0.2, 0) is 0 Å². The third kappa shape index (κ3) is 1.98. The maximum Gasteiger partial charge on any atom is 0.310 e. The van der Waals surface area contributed by atoms with Crippen LogP contribution in [0, 0.1) is 10.1 Å². The lowest BCUT2D eigenvalue weighted by Crippen LogP contribution is -2.61. The summed E-state index contributed by atoms with van der Waals surface area (Å²) in [5.41, 5.74) is 3.98. The van der Waals surface area contributed by atoms with Gasteiger partial charge in [0.05, 0.1) is 6.61 Å². The number of hydrogen-bond donors (Lipinski definition) is 3. The number of aliphatic hydroxyl groups excluding tert-OH is 1. The van der Waals surface area contributed by atoms with Gasteiger partial charge in [-0.15, -0.1) is 0 Å². The van der Waals surface area contributed by atoms with Gasteiger partial charge in [0, 0.05) is 17.5 Å². The smallest absolute Gasteiger partial charge is 0.310 e. The van der Waals surface area contributed by atoms with E-state index in [1.165, 1.54) is 6.08 Å². The minimum Gasteiger partial charge on any atom is -0.395 e. The van der Waals surface area contributed by atoms with Gasteiger partial charge in [0.2, 0.25) is 0 Å². The first-order valence-electron chi connectivity index (χ1n) is 4.25. The van der Waals surface area contributed by atoms with Gasteiger partial charge in [0.25, 0.3) is 0 Å². The van der Waals surface area contributed by atoms with Crippen molar-refractivity contribution >= 4 is 0 Å². The van der Waals surface area contributed by atoms with Crippen molar-refractivity contribution in [3.05, 3.63) is 34.4 Å². The van der Waals surface area contributed by atoms with E-state index in [-0.39, 0.29) is 13.2 Å². The standard InChI is InChI=1S/C8H13N3O3/c9-8(11(13)14)4-2-1-3-7(8)10-5-6-12/h1-4,7,10,12H,5-6,9H2. The fourth-order valence-corrected chi connectivity index (χ4v) is 1.27. The fraction of sp³-hybridized carbons (Fsp3) is 0.500. The van der Waals surface area contributed by atoms with E-state index in [1.54, 1.807) is 18.2 Å². The summed E-state index contributed by atoms with van der Waals surface area (Å²) >= 11 is 0. The lowest BCUT2D eigenvalue weighted by Gasteiger charge is -2.27. The lowest BCUT2D eigenvalue weighted by molar-refractivity contribution is -0.557. The van der Waals surface area contributed by atoms with Crippen molar-refractivity contribution in [1.29, 1.82) is 0 Å². The van der Waals surface area contributed by atoms with Crippen molar-refractivity contribution in [1.82, 2.24) is 5.32 Å². The van der Waals surface area contributed by atoms with E-state index < -0.39 is 16.6 Å². The van der Waals surface area contributed by atoms with E-state index in [1.807, 2.05) is 0 Å². The fourth-order valence-electron chi connectivity index (χ4n) is 1.27. The molecule has 0 aromatic carbocycles. The molecule has 0 spiro atoms. The molecule has 14 heavy (non-hydrogen) atoms. The molecule has 1 rings (SSSR count). The van der Waals surface area contributed by atoms with Gasteiger partial charge >= 0.3 is 5.66 Å². The number of rotatable bonds is 4. The first-order valence-corrected chi connectivity index (χ1v) is 4.25. The average Bonchev–Trinajstić information content (AvgIpc) is 2.16. The Bertz CT molecular complexity index is 277. The van der Waals surface area contributed by atoms with Gasteiger partial charge < -0.3 is 10.4 Å². The summed E-state index contributed by atoms with van der Waals surface area (Å²) < 4.78 is 0. The molecular weight excluding hydrogens is 186 g/mol. The van der Waals surface area contributed by atoms with Crippen LogP contribution >= 0.6 is 0 Å². The summed E-state index contributed by atoms with van der Waals surface area (Å²) in [6, 6.07) is -0.588. The molecule has 0 aliphatic heterocycles. The molecule has 0 fully saturated rings. The van der Waals surface area contributed by atoms with Gasteiger partial charge in [-0.05, 0) is 0 Å². The van der Waals surface area contributed by atoms with E-state index in [0.29, 0.717) is 0 Å². The predicted molar refractivity (Wildman–Crippen MR) is 51.1 cm³/mol. The van der Waals surface area contributed by atoms with Crippen LogP contribution in [0.3, 0.4) is 0 Å². The highest BCUT2D eigenvalue weighted by molar-refractivity contribution is 5.23. The number of nitro groups is 1. The van der Waals surface area contributed by atoms with Gasteiger partial charge in [-0.2, -0.15) is 0 Å². The highest BCUT2D eigenvalue weighted by Crippen LogP contribution is 2.15. The van der Waals surface area contributed by atoms with Crippen LogP contribution in [0.5, 0.6) is 0 Å². The number of aliphatic hydroxyl groups is 1. The highest BCUT2D eigenvalue weighted by Gasteiger charge is 2.43. The summed E-state index contributed by atoms with van der Waals surface area (Å²) in [5.74, 6) is 0. The molecule has 0 amide bonds. The van der Waals surface area contributed by atoms with Gasteiger partial charge in [0.15, 0.2) is 0 Å². The molecule has 2 unspecified atom stereocenters. The molecule has 4 N–H and O–H groups in total. The van der Waals surface area contributed by atoms with Crippen LogP contribution in [0.15, 0.2) is 24.3 Å². The third-order valence-electron chi connectivity index (χ3n) is 2.07. The van der Waals surface area contributed by atoms with E-state index >= 15 is 0 Å². The molecule has 78 valence electrons. The summed E-state index contributed by atoms with van der Waals surface area (Å²) in [6.45, 7) is 0.192. The zero-order chi connectivity index (χ0) is 10.6. The molecular formula is C8H13N3O3. The third-order valence-corrected chi connectivity index (χ3v) is 2.07.